The number of methoxy groups -OCH3 is 1. The second-order valence-electron chi connectivity index (χ2n) is 14.4. The van der Waals surface area contributed by atoms with Crippen LogP contribution in [0.5, 0.6) is 11.5 Å². The lowest BCUT2D eigenvalue weighted by atomic mass is 10.1. The van der Waals surface area contributed by atoms with Crippen LogP contribution in [0.15, 0.2) is 79.9 Å². The monoisotopic (exact) mass is 726 g/mol. The normalized spacial score (nSPS) is 21.2. The van der Waals surface area contributed by atoms with E-state index in [1.807, 2.05) is 54.6 Å². The minimum Gasteiger partial charge on any atom is -0.497 e. The Hall–Kier alpha value is -5.39. The van der Waals surface area contributed by atoms with Crippen molar-refractivity contribution in [3.63, 3.8) is 0 Å². The molecule has 282 valence electrons. The molecule has 5 atom stereocenters. The minimum absolute atomic E-state index is 0.0306. The molecule has 0 radical (unpaired) electrons. The van der Waals surface area contributed by atoms with Crippen LogP contribution in [0.2, 0.25) is 0 Å². The zero-order valence-electron chi connectivity index (χ0n) is 31.2. The summed E-state index contributed by atoms with van der Waals surface area (Å²) in [6.45, 7) is 14.7. The fourth-order valence-electron chi connectivity index (χ4n) is 6.65. The molecule has 0 spiro atoms. The molecule has 3 amide bonds. The fourth-order valence-corrected chi connectivity index (χ4v) is 6.65. The van der Waals surface area contributed by atoms with Gasteiger partial charge < -0.3 is 34.5 Å². The van der Waals surface area contributed by atoms with Gasteiger partial charge in [-0.3, -0.25) is 9.59 Å². The van der Waals surface area contributed by atoms with Crippen molar-refractivity contribution in [2.24, 2.45) is 5.92 Å². The van der Waals surface area contributed by atoms with E-state index in [0.717, 1.165) is 10.9 Å². The molecular formula is C41H50N4O8. The van der Waals surface area contributed by atoms with Gasteiger partial charge in [0.1, 0.15) is 40.8 Å². The number of alkyl carbamates (subject to hydrolysis) is 1. The molecule has 12 heteroatoms. The molecule has 5 rings (SSSR count). The Morgan fingerprint density at radius 1 is 1.09 bits per heavy atom. The van der Waals surface area contributed by atoms with Crippen molar-refractivity contribution in [2.45, 2.75) is 89.1 Å². The Bertz CT molecular complexity index is 1840. The molecule has 3 aromatic rings. The van der Waals surface area contributed by atoms with Gasteiger partial charge in [0, 0.05) is 35.4 Å². The molecule has 5 unspecified atom stereocenters. The second kappa shape index (κ2) is 16.5. The lowest BCUT2D eigenvalue weighted by Gasteiger charge is -2.30. The van der Waals surface area contributed by atoms with Gasteiger partial charge in [0.25, 0.3) is 0 Å². The summed E-state index contributed by atoms with van der Waals surface area (Å²) < 4.78 is 23.0. The quantitative estimate of drug-likeness (QED) is 0.107. The van der Waals surface area contributed by atoms with Gasteiger partial charge in [0.15, 0.2) is 0 Å². The number of benzene rings is 2. The Morgan fingerprint density at radius 2 is 1.85 bits per heavy atom. The van der Waals surface area contributed by atoms with Crippen LogP contribution in [0.3, 0.4) is 0 Å². The Morgan fingerprint density at radius 3 is 2.49 bits per heavy atom. The van der Waals surface area contributed by atoms with Gasteiger partial charge in [-0.25, -0.2) is 14.6 Å². The first kappa shape index (κ1) is 38.8. The van der Waals surface area contributed by atoms with E-state index in [4.69, 9.17) is 23.9 Å². The maximum Gasteiger partial charge on any atom is 0.408 e. The zero-order chi connectivity index (χ0) is 38.3. The van der Waals surface area contributed by atoms with Gasteiger partial charge in [0.05, 0.1) is 31.5 Å². The van der Waals surface area contributed by atoms with Crippen LogP contribution in [-0.4, -0.2) is 83.3 Å². The molecule has 1 saturated carbocycles. The molecule has 2 N–H and O–H groups in total. The first-order valence-corrected chi connectivity index (χ1v) is 18.1. The fraction of sp³-hybridized carbons (Fsp3) is 0.439. The minimum atomic E-state index is -1.27. The number of fused-ring (bicyclic) bond motifs is 1. The number of nitrogens with one attached hydrogen (secondary N) is 2. The van der Waals surface area contributed by atoms with Crippen molar-refractivity contribution in [1.82, 2.24) is 20.5 Å². The molecule has 1 saturated heterocycles. The van der Waals surface area contributed by atoms with Crippen LogP contribution in [0.4, 0.5) is 4.79 Å². The summed E-state index contributed by atoms with van der Waals surface area (Å²) in [5, 5.41) is 6.38. The average molecular weight is 727 g/mol. The number of rotatable bonds is 15. The highest BCUT2D eigenvalue weighted by molar-refractivity contribution is 5.97. The van der Waals surface area contributed by atoms with Crippen molar-refractivity contribution in [3.8, 4) is 22.8 Å². The van der Waals surface area contributed by atoms with E-state index in [9.17, 15) is 19.2 Å². The molecule has 53 heavy (non-hydrogen) atoms. The molecule has 1 aliphatic heterocycles. The van der Waals surface area contributed by atoms with Gasteiger partial charge in [-0.15, -0.1) is 13.2 Å². The Labute approximate surface area is 310 Å². The third-order valence-corrected chi connectivity index (χ3v) is 9.37. The predicted molar refractivity (Wildman–Crippen MR) is 201 cm³/mol. The van der Waals surface area contributed by atoms with Crippen molar-refractivity contribution in [3.05, 3.63) is 79.9 Å². The van der Waals surface area contributed by atoms with Crippen LogP contribution in [-0.2, 0) is 23.9 Å². The molecule has 12 nitrogen and oxygen atoms in total. The number of pyridine rings is 1. The summed E-state index contributed by atoms with van der Waals surface area (Å²) in [4.78, 5) is 61.1. The van der Waals surface area contributed by atoms with Crippen LogP contribution < -0.4 is 20.1 Å². The van der Waals surface area contributed by atoms with Gasteiger partial charge in [-0.2, -0.15) is 0 Å². The number of hydrogen-bond donors (Lipinski definition) is 2. The summed E-state index contributed by atoms with van der Waals surface area (Å²) in [5.74, 6) is -0.728. The van der Waals surface area contributed by atoms with Crippen LogP contribution >= 0.6 is 0 Å². The van der Waals surface area contributed by atoms with Gasteiger partial charge in [-0.1, -0.05) is 42.5 Å². The number of likely N-dealkylation sites (tertiary alicyclic amines) is 1. The number of unbranched alkanes of at least 4 members (excludes halogenated alkanes) is 1. The second-order valence-corrected chi connectivity index (χ2v) is 14.4. The number of hydrogen-bond acceptors (Lipinski definition) is 9. The van der Waals surface area contributed by atoms with E-state index in [-0.39, 0.29) is 31.9 Å². The molecule has 1 aromatic heterocycles. The summed E-state index contributed by atoms with van der Waals surface area (Å²) in [6.07, 6.45) is 3.87. The average Bonchev–Trinajstić information content (AvgIpc) is 3.69. The van der Waals surface area contributed by atoms with Gasteiger partial charge >= 0.3 is 12.1 Å². The van der Waals surface area contributed by atoms with E-state index in [2.05, 4.69) is 23.8 Å². The maximum atomic E-state index is 14.5. The molecule has 2 fully saturated rings. The first-order chi connectivity index (χ1) is 25.3. The van der Waals surface area contributed by atoms with Crippen LogP contribution in [0, 0.1) is 5.92 Å². The highest BCUT2D eigenvalue weighted by atomic mass is 16.6. The number of amides is 3. The smallest absolute Gasteiger partial charge is 0.408 e. The highest BCUT2D eigenvalue weighted by Gasteiger charge is 2.62. The molecule has 1 aliphatic carbocycles. The predicted octanol–water partition coefficient (Wildman–Crippen LogP) is 6.13. The number of allylic oxidation sites excluding steroid dienone is 1. The van der Waals surface area contributed by atoms with E-state index < -0.39 is 53.2 Å². The number of esters is 1. The van der Waals surface area contributed by atoms with E-state index in [1.165, 1.54) is 4.90 Å². The van der Waals surface area contributed by atoms with E-state index in [1.54, 1.807) is 47.0 Å². The lowest BCUT2D eigenvalue weighted by molar-refractivity contribution is -0.150. The van der Waals surface area contributed by atoms with Crippen LogP contribution in [0.1, 0.15) is 59.8 Å². The number of ether oxygens (including phenoxy) is 4. The van der Waals surface area contributed by atoms with Crippen molar-refractivity contribution < 1.29 is 38.1 Å². The standard InChI is InChI=1S/C41H50N4O8/c1-8-11-13-18-31(43-39(49)53-40(4,5)6)37(47)45-25-29(22-34(45)36(46)44-41(24-27(41)9-2)38(48)51-10-3)52-35-23-32(26-16-14-12-15-17-26)42-33-21-28(50-7)19-20-30(33)35/h8-9,12,14-17,19-21,23,27,29,31,34H,1-2,10-11,13,18,22,24-25H2,3-7H3,(H,43,49)(H,44,46). The lowest BCUT2D eigenvalue weighted by Crippen LogP contribution is -2.56. The highest BCUT2D eigenvalue weighted by Crippen LogP contribution is 2.46. The molecule has 2 aromatic carbocycles. The van der Waals surface area contributed by atoms with Gasteiger partial charge in [0.2, 0.25) is 11.8 Å². The van der Waals surface area contributed by atoms with E-state index >= 15 is 0 Å². The molecular weight excluding hydrogens is 676 g/mol. The van der Waals surface area contributed by atoms with Crippen LogP contribution in [0.25, 0.3) is 22.2 Å². The maximum absolute atomic E-state index is 14.5. The summed E-state index contributed by atoms with van der Waals surface area (Å²) >= 11 is 0. The third kappa shape index (κ3) is 9.16. The number of aromatic nitrogens is 1. The number of nitrogens with zero attached hydrogens (tertiary/aromatic N) is 2. The topological polar surface area (TPSA) is 145 Å². The SMILES string of the molecule is C=CCCCC(NC(=O)OC(C)(C)C)C(=O)N1CC(Oc2cc(-c3ccccc3)nc3cc(OC)ccc23)CC1C(=O)NC1(C(=O)OCC)CC1C=C. The summed E-state index contributed by atoms with van der Waals surface area (Å²) in [7, 11) is 1.59. The third-order valence-electron chi connectivity index (χ3n) is 9.37. The Kier molecular flexibility index (Phi) is 12.1. The number of carbonyl (C=O) groups is 4. The van der Waals surface area contributed by atoms with Crippen molar-refractivity contribution in [2.75, 3.05) is 20.3 Å². The Balaban J connectivity index is 1.50. The molecule has 2 heterocycles. The summed E-state index contributed by atoms with van der Waals surface area (Å²) in [5.41, 5.74) is 0.128. The molecule has 0 bridgehead atoms. The molecule has 2 aliphatic rings. The van der Waals surface area contributed by atoms with Crippen molar-refractivity contribution >= 4 is 34.8 Å². The van der Waals surface area contributed by atoms with E-state index in [0.29, 0.717) is 42.0 Å². The largest absolute Gasteiger partial charge is 0.497 e. The summed E-state index contributed by atoms with van der Waals surface area (Å²) in [6, 6.07) is 15.0. The zero-order valence-corrected chi connectivity index (χ0v) is 31.2. The van der Waals surface area contributed by atoms with Crippen molar-refractivity contribution in [1.29, 1.82) is 0 Å². The number of carbonyl (C=O) groups excluding carboxylic acids is 4. The van der Waals surface area contributed by atoms with Gasteiger partial charge in [-0.05, 0) is 65.5 Å². The first-order valence-electron chi connectivity index (χ1n) is 18.1.